The number of nitro groups is 1. The third-order valence-corrected chi connectivity index (χ3v) is 3.62. The van der Waals surface area contributed by atoms with Gasteiger partial charge in [0, 0.05) is 11.8 Å². The van der Waals surface area contributed by atoms with Gasteiger partial charge in [-0.2, -0.15) is 0 Å². The number of rotatable bonds is 4. The fourth-order valence-corrected chi connectivity index (χ4v) is 2.44. The fourth-order valence-electron chi connectivity index (χ4n) is 2.44. The molecule has 2 aromatic rings. The van der Waals surface area contributed by atoms with E-state index in [1.165, 1.54) is 6.92 Å². The zero-order chi connectivity index (χ0) is 17.9. The number of carbonyl (C=O) groups excluding carboxylic acids is 1. The summed E-state index contributed by atoms with van der Waals surface area (Å²) in [5, 5.41) is 15.9. The molecule has 0 fully saturated rings. The van der Waals surface area contributed by atoms with Gasteiger partial charge in [-0.25, -0.2) is 4.79 Å². The highest BCUT2D eigenvalue weighted by atomic mass is 16.6. The molecular formula is C18H22N2O4. The number of fused-ring (bicyclic) bond motifs is 1. The van der Waals surface area contributed by atoms with Crippen LogP contribution in [0.2, 0.25) is 0 Å². The molecule has 6 heteroatoms. The second-order valence-corrected chi connectivity index (χ2v) is 6.76. The maximum absolute atomic E-state index is 12.1. The van der Waals surface area contributed by atoms with E-state index in [2.05, 4.69) is 5.32 Å². The van der Waals surface area contributed by atoms with Gasteiger partial charge in [-0.1, -0.05) is 36.4 Å². The molecule has 2 atom stereocenters. The molecule has 0 spiro atoms. The number of amides is 1. The van der Waals surface area contributed by atoms with Gasteiger partial charge in [0.25, 0.3) is 0 Å². The average molecular weight is 330 g/mol. The Morgan fingerprint density at radius 2 is 1.79 bits per heavy atom. The van der Waals surface area contributed by atoms with E-state index in [1.807, 2.05) is 36.4 Å². The van der Waals surface area contributed by atoms with E-state index in [1.54, 1.807) is 26.8 Å². The molecule has 0 aliphatic rings. The summed E-state index contributed by atoms with van der Waals surface area (Å²) in [5.74, 6) is 0. The maximum Gasteiger partial charge on any atom is 0.408 e. The standard InChI is InChI=1S/C18H22N2O4/c1-12(20(22)23)16(19-17(21)24-18(2,3)4)15-10-9-13-7-5-6-8-14(13)11-15/h5-12,16H,1-4H3,(H,19,21)/t12-,16-/m1/s1. The summed E-state index contributed by atoms with van der Waals surface area (Å²) in [6.45, 7) is 6.70. The molecule has 0 radical (unpaired) electrons. The lowest BCUT2D eigenvalue weighted by Gasteiger charge is -2.24. The molecule has 0 heterocycles. The summed E-state index contributed by atoms with van der Waals surface area (Å²) in [5.41, 5.74) is -0.000614. The molecule has 2 rings (SSSR count). The van der Waals surface area contributed by atoms with Crippen molar-refractivity contribution in [3.05, 3.63) is 58.1 Å². The van der Waals surface area contributed by atoms with Gasteiger partial charge in [-0.05, 0) is 43.2 Å². The molecule has 1 N–H and O–H groups in total. The zero-order valence-electron chi connectivity index (χ0n) is 14.3. The van der Waals surface area contributed by atoms with Gasteiger partial charge in [-0.3, -0.25) is 10.1 Å². The molecule has 24 heavy (non-hydrogen) atoms. The van der Waals surface area contributed by atoms with E-state index in [9.17, 15) is 14.9 Å². The Bertz CT molecular complexity index is 752. The number of ether oxygens (including phenoxy) is 1. The first kappa shape index (κ1) is 17.7. The maximum atomic E-state index is 12.1. The van der Waals surface area contributed by atoms with E-state index >= 15 is 0 Å². The smallest absolute Gasteiger partial charge is 0.408 e. The third kappa shape index (κ3) is 4.44. The van der Waals surface area contributed by atoms with Gasteiger partial charge in [0.2, 0.25) is 6.04 Å². The monoisotopic (exact) mass is 330 g/mol. The summed E-state index contributed by atoms with van der Waals surface area (Å²) in [6, 6.07) is 11.5. The topological polar surface area (TPSA) is 81.5 Å². The van der Waals surface area contributed by atoms with Crippen LogP contribution in [0.25, 0.3) is 10.8 Å². The highest BCUT2D eigenvalue weighted by Crippen LogP contribution is 2.24. The van der Waals surface area contributed by atoms with Crippen LogP contribution >= 0.6 is 0 Å². The van der Waals surface area contributed by atoms with Crippen LogP contribution in [-0.2, 0) is 4.74 Å². The van der Waals surface area contributed by atoms with Gasteiger partial charge in [0.05, 0.1) is 0 Å². The molecule has 1 amide bonds. The van der Waals surface area contributed by atoms with E-state index in [4.69, 9.17) is 4.74 Å². The van der Waals surface area contributed by atoms with Crippen molar-refractivity contribution in [1.82, 2.24) is 5.32 Å². The van der Waals surface area contributed by atoms with Crippen LogP contribution in [0.3, 0.4) is 0 Å². The Hall–Kier alpha value is -2.63. The van der Waals surface area contributed by atoms with Crippen LogP contribution in [-0.4, -0.2) is 22.7 Å². The molecule has 0 aromatic heterocycles. The second-order valence-electron chi connectivity index (χ2n) is 6.76. The molecule has 2 aromatic carbocycles. The normalized spacial score (nSPS) is 14.0. The Balaban J connectivity index is 2.34. The van der Waals surface area contributed by atoms with E-state index in [-0.39, 0.29) is 0 Å². The number of carbonyl (C=O) groups is 1. The van der Waals surface area contributed by atoms with Gasteiger partial charge in [0.15, 0.2) is 0 Å². The number of hydrogen-bond donors (Lipinski definition) is 1. The third-order valence-electron chi connectivity index (χ3n) is 3.62. The Morgan fingerprint density at radius 1 is 1.17 bits per heavy atom. The Morgan fingerprint density at radius 3 is 2.38 bits per heavy atom. The molecule has 0 unspecified atom stereocenters. The number of benzene rings is 2. The first-order valence-corrected chi connectivity index (χ1v) is 7.79. The van der Waals surface area contributed by atoms with Crippen molar-refractivity contribution in [3.63, 3.8) is 0 Å². The van der Waals surface area contributed by atoms with Crippen molar-refractivity contribution in [2.45, 2.75) is 45.4 Å². The highest BCUT2D eigenvalue weighted by Gasteiger charge is 2.31. The number of alkyl carbamates (subject to hydrolysis) is 1. The first-order valence-electron chi connectivity index (χ1n) is 7.79. The van der Waals surface area contributed by atoms with Gasteiger partial charge in [0.1, 0.15) is 11.6 Å². The lowest BCUT2D eigenvalue weighted by atomic mass is 9.98. The van der Waals surface area contributed by atoms with Gasteiger partial charge < -0.3 is 10.1 Å². The highest BCUT2D eigenvalue weighted by molar-refractivity contribution is 5.83. The van der Waals surface area contributed by atoms with Crippen molar-refractivity contribution in [2.75, 3.05) is 0 Å². The largest absolute Gasteiger partial charge is 0.444 e. The van der Waals surface area contributed by atoms with E-state index in [0.717, 1.165) is 10.8 Å². The van der Waals surface area contributed by atoms with E-state index in [0.29, 0.717) is 5.56 Å². The second kappa shape index (κ2) is 6.86. The van der Waals surface area contributed by atoms with Gasteiger partial charge in [-0.15, -0.1) is 0 Å². The number of hydrogen-bond acceptors (Lipinski definition) is 4. The minimum Gasteiger partial charge on any atom is -0.444 e. The summed E-state index contributed by atoms with van der Waals surface area (Å²) < 4.78 is 5.23. The van der Waals surface area contributed by atoms with Gasteiger partial charge >= 0.3 is 6.09 Å². The zero-order valence-corrected chi connectivity index (χ0v) is 14.3. The van der Waals surface area contributed by atoms with Crippen molar-refractivity contribution >= 4 is 16.9 Å². The minimum absolute atomic E-state index is 0.406. The van der Waals surface area contributed by atoms with Crippen LogP contribution in [0.15, 0.2) is 42.5 Å². The van der Waals surface area contributed by atoms with Crippen LogP contribution < -0.4 is 5.32 Å². The van der Waals surface area contributed by atoms with Crippen molar-refractivity contribution in [2.24, 2.45) is 0 Å². The first-order chi connectivity index (χ1) is 11.2. The van der Waals surface area contributed by atoms with Crippen molar-refractivity contribution in [3.8, 4) is 0 Å². The van der Waals surface area contributed by atoms with Crippen molar-refractivity contribution in [1.29, 1.82) is 0 Å². The Kier molecular flexibility index (Phi) is 5.07. The minimum atomic E-state index is -0.987. The number of nitrogens with one attached hydrogen (secondary N) is 1. The summed E-state index contributed by atoms with van der Waals surface area (Å²) in [4.78, 5) is 22.9. The molecule has 0 aliphatic carbocycles. The number of nitrogens with zero attached hydrogens (tertiary/aromatic N) is 1. The average Bonchev–Trinajstić information content (AvgIpc) is 2.49. The van der Waals surface area contributed by atoms with Crippen LogP contribution in [0.1, 0.15) is 39.3 Å². The molecule has 128 valence electrons. The van der Waals surface area contributed by atoms with Crippen LogP contribution in [0, 0.1) is 10.1 Å². The van der Waals surface area contributed by atoms with Crippen LogP contribution in [0.5, 0.6) is 0 Å². The fraction of sp³-hybridized carbons (Fsp3) is 0.389. The lowest BCUT2D eigenvalue weighted by molar-refractivity contribution is -0.523. The molecular weight excluding hydrogens is 308 g/mol. The predicted octanol–water partition coefficient (Wildman–Crippen LogP) is 4.07. The van der Waals surface area contributed by atoms with E-state index < -0.39 is 28.7 Å². The molecule has 0 saturated heterocycles. The summed E-state index contributed by atoms with van der Waals surface area (Å²) in [7, 11) is 0. The Labute approximate surface area is 141 Å². The van der Waals surface area contributed by atoms with Crippen molar-refractivity contribution < 1.29 is 14.5 Å². The summed E-state index contributed by atoms with van der Waals surface area (Å²) >= 11 is 0. The SMILES string of the molecule is C[C@H]([C@@H](NC(=O)OC(C)(C)C)c1ccc2ccccc2c1)[N+](=O)[O-]. The summed E-state index contributed by atoms with van der Waals surface area (Å²) in [6.07, 6.45) is -0.672. The lowest BCUT2D eigenvalue weighted by Crippen LogP contribution is -2.41. The predicted molar refractivity (Wildman–Crippen MR) is 92.5 cm³/mol. The molecule has 6 nitrogen and oxygen atoms in total. The quantitative estimate of drug-likeness (QED) is 0.677. The molecule has 0 bridgehead atoms. The molecule has 0 saturated carbocycles. The van der Waals surface area contributed by atoms with Crippen LogP contribution in [0.4, 0.5) is 4.79 Å². The molecule has 0 aliphatic heterocycles.